The molecule has 4 rings (SSSR count). The first kappa shape index (κ1) is 21.6. The summed E-state index contributed by atoms with van der Waals surface area (Å²) in [5.74, 6) is -2.15. The molecule has 2 amide bonds. The van der Waals surface area contributed by atoms with E-state index in [1.165, 1.54) is 17.5 Å². The number of carbonyl (C=O) groups excluding carboxylic acids is 2. The van der Waals surface area contributed by atoms with Crippen molar-refractivity contribution in [3.05, 3.63) is 78.4 Å². The number of hydrogen-bond acceptors (Lipinski definition) is 5. The lowest BCUT2D eigenvalue weighted by atomic mass is 10.0. The van der Waals surface area contributed by atoms with Crippen molar-refractivity contribution in [1.29, 1.82) is 0 Å². The van der Waals surface area contributed by atoms with Crippen molar-refractivity contribution in [3.8, 4) is 5.75 Å². The Hall–Kier alpha value is -2.58. The summed E-state index contributed by atoms with van der Waals surface area (Å²) in [6.07, 6.45) is -0.110. The summed E-state index contributed by atoms with van der Waals surface area (Å²) in [6.45, 7) is 0.0549. The number of carboxylic acid groups (broad SMARTS) is 1. The molecular weight excluding hydrogens is 485 g/mol. The Morgan fingerprint density at radius 1 is 1.10 bits per heavy atom. The highest BCUT2D eigenvalue weighted by molar-refractivity contribution is 7.12. The van der Waals surface area contributed by atoms with E-state index < -0.39 is 17.8 Å². The van der Waals surface area contributed by atoms with Gasteiger partial charge in [0.1, 0.15) is 17.2 Å². The number of benzene rings is 2. The van der Waals surface area contributed by atoms with E-state index in [9.17, 15) is 19.5 Å². The number of rotatable bonds is 5. The molecule has 0 bridgehead atoms. The minimum Gasteiger partial charge on any atom is -0.489 e. The predicted octanol–water partition coefficient (Wildman–Crippen LogP) is 5.72. The molecule has 0 aliphatic carbocycles. The maximum Gasteiger partial charge on any atom is 0.346 e. The number of halogens is 3. The fraction of sp³-hybridized carbons (Fsp3) is 0.0952. The quantitative estimate of drug-likeness (QED) is 0.457. The fourth-order valence-electron chi connectivity index (χ4n) is 3.21. The Balaban J connectivity index is 1.67. The van der Waals surface area contributed by atoms with Gasteiger partial charge in [0.2, 0.25) is 5.91 Å². The third kappa shape index (κ3) is 4.02. The van der Waals surface area contributed by atoms with Gasteiger partial charge in [-0.15, -0.1) is 11.3 Å². The number of nitrogens with zero attached hydrogens (tertiary/aromatic N) is 1. The minimum atomic E-state index is -1.23. The zero-order valence-corrected chi connectivity index (χ0v) is 18.6. The standard InChI is InChI=1S/C21H12Cl3NO5S/c22-13-2-1-3-14(23)12(13)8-30-11-4-5-15(24)16(7-11)25-17(26)6-10-9-31-19(21(28)29)18(10)20(25)27/h1-5,7,9H,6,8H2,(H,28,29). The molecule has 0 fully saturated rings. The van der Waals surface area contributed by atoms with Gasteiger partial charge >= 0.3 is 5.97 Å². The van der Waals surface area contributed by atoms with Crippen LogP contribution in [0.1, 0.15) is 31.2 Å². The topological polar surface area (TPSA) is 83.9 Å². The molecule has 2 heterocycles. The van der Waals surface area contributed by atoms with E-state index >= 15 is 0 Å². The molecule has 158 valence electrons. The predicted molar refractivity (Wildman–Crippen MR) is 119 cm³/mol. The minimum absolute atomic E-state index is 0.00216. The number of aromatic carboxylic acids is 1. The van der Waals surface area contributed by atoms with Crippen LogP contribution in [0.25, 0.3) is 0 Å². The smallest absolute Gasteiger partial charge is 0.346 e. The number of anilines is 1. The maximum atomic E-state index is 13.1. The second-order valence-electron chi connectivity index (χ2n) is 6.58. The van der Waals surface area contributed by atoms with Crippen LogP contribution in [0.3, 0.4) is 0 Å². The van der Waals surface area contributed by atoms with Gasteiger partial charge in [0.05, 0.1) is 22.7 Å². The average Bonchev–Trinajstić information content (AvgIpc) is 3.14. The molecule has 31 heavy (non-hydrogen) atoms. The largest absolute Gasteiger partial charge is 0.489 e. The molecule has 0 unspecified atom stereocenters. The second-order valence-corrected chi connectivity index (χ2v) is 8.68. The Morgan fingerprint density at radius 3 is 2.48 bits per heavy atom. The number of carbonyl (C=O) groups is 3. The molecule has 0 spiro atoms. The summed E-state index contributed by atoms with van der Waals surface area (Å²) in [7, 11) is 0. The van der Waals surface area contributed by atoms with Crippen molar-refractivity contribution < 1.29 is 24.2 Å². The van der Waals surface area contributed by atoms with Gasteiger partial charge < -0.3 is 9.84 Å². The maximum absolute atomic E-state index is 13.1. The lowest BCUT2D eigenvalue weighted by Crippen LogP contribution is -2.42. The molecule has 0 saturated carbocycles. The van der Waals surface area contributed by atoms with Gasteiger partial charge in [-0.3, -0.25) is 9.59 Å². The van der Waals surface area contributed by atoms with Crippen LogP contribution in [0.4, 0.5) is 5.69 Å². The van der Waals surface area contributed by atoms with Crippen molar-refractivity contribution in [1.82, 2.24) is 0 Å². The van der Waals surface area contributed by atoms with Crippen LogP contribution in [-0.4, -0.2) is 22.9 Å². The van der Waals surface area contributed by atoms with Gasteiger partial charge in [0, 0.05) is 21.7 Å². The Kier molecular flexibility index (Phi) is 5.94. The van der Waals surface area contributed by atoms with Gasteiger partial charge in [-0.1, -0.05) is 40.9 Å². The third-order valence-electron chi connectivity index (χ3n) is 4.67. The lowest BCUT2D eigenvalue weighted by molar-refractivity contribution is -0.117. The Morgan fingerprint density at radius 2 is 1.81 bits per heavy atom. The van der Waals surface area contributed by atoms with Gasteiger partial charge in [-0.05, 0) is 35.2 Å². The highest BCUT2D eigenvalue weighted by Crippen LogP contribution is 2.37. The summed E-state index contributed by atoms with van der Waals surface area (Å²) in [6, 6.07) is 9.59. The van der Waals surface area contributed by atoms with Crippen molar-refractivity contribution in [3.63, 3.8) is 0 Å². The molecule has 1 aliphatic rings. The number of imide groups is 1. The van der Waals surface area contributed by atoms with Crippen molar-refractivity contribution >= 4 is 69.6 Å². The fourth-order valence-corrected chi connectivity index (χ4v) is 4.81. The van der Waals surface area contributed by atoms with E-state index in [2.05, 4.69) is 0 Å². The lowest BCUT2D eigenvalue weighted by Gasteiger charge is -2.26. The first-order valence-corrected chi connectivity index (χ1v) is 10.9. The molecule has 0 saturated heterocycles. The van der Waals surface area contributed by atoms with Crippen molar-refractivity contribution in [2.24, 2.45) is 0 Å². The van der Waals surface area contributed by atoms with E-state index in [4.69, 9.17) is 39.5 Å². The van der Waals surface area contributed by atoms with Gasteiger partial charge in [-0.25, -0.2) is 9.69 Å². The summed E-state index contributed by atoms with van der Waals surface area (Å²) in [4.78, 5) is 38.0. The number of fused-ring (bicyclic) bond motifs is 1. The van der Waals surface area contributed by atoms with Crippen LogP contribution >= 0.6 is 46.1 Å². The average molecular weight is 497 g/mol. The number of carboxylic acids is 1. The molecule has 0 radical (unpaired) electrons. The molecule has 2 aromatic carbocycles. The molecule has 0 atom stereocenters. The molecule has 3 aromatic rings. The van der Waals surface area contributed by atoms with Crippen LogP contribution in [-0.2, 0) is 17.8 Å². The molecule has 1 aliphatic heterocycles. The van der Waals surface area contributed by atoms with Crippen LogP contribution in [0.2, 0.25) is 15.1 Å². The molecule has 1 aromatic heterocycles. The molecular formula is C21H12Cl3NO5S. The van der Waals surface area contributed by atoms with Crippen molar-refractivity contribution in [2.75, 3.05) is 4.90 Å². The Labute approximate surface area is 195 Å². The normalized spacial score (nSPS) is 13.3. The summed E-state index contributed by atoms with van der Waals surface area (Å²) < 4.78 is 5.76. The van der Waals surface area contributed by atoms with E-state index in [1.54, 1.807) is 24.3 Å². The van der Waals surface area contributed by atoms with Crippen molar-refractivity contribution in [2.45, 2.75) is 13.0 Å². The summed E-state index contributed by atoms with van der Waals surface area (Å²) >= 11 is 19.5. The number of thiophene rings is 1. The number of ether oxygens (including phenoxy) is 1. The first-order valence-electron chi connectivity index (χ1n) is 8.84. The number of hydrogen-bond donors (Lipinski definition) is 1. The van der Waals surface area contributed by atoms with E-state index in [0.29, 0.717) is 26.9 Å². The van der Waals surface area contributed by atoms with E-state index in [1.807, 2.05) is 0 Å². The zero-order valence-electron chi connectivity index (χ0n) is 15.5. The van der Waals surface area contributed by atoms with Crippen LogP contribution in [0, 0.1) is 0 Å². The molecule has 10 heteroatoms. The highest BCUT2D eigenvalue weighted by Gasteiger charge is 2.37. The summed E-state index contributed by atoms with van der Waals surface area (Å²) in [5, 5.41) is 11.9. The second kappa shape index (κ2) is 8.51. The van der Waals surface area contributed by atoms with E-state index in [0.717, 1.165) is 16.2 Å². The van der Waals surface area contributed by atoms with Gasteiger partial charge in [0.25, 0.3) is 5.91 Å². The Bertz CT molecular complexity index is 1220. The van der Waals surface area contributed by atoms with Gasteiger partial charge in [0.15, 0.2) is 0 Å². The SMILES string of the molecule is O=C(O)c1scc2c1C(=O)N(c1cc(OCc3c(Cl)cccc3Cl)ccc1Cl)C(=O)C2. The highest BCUT2D eigenvalue weighted by atomic mass is 35.5. The van der Waals surface area contributed by atoms with E-state index in [-0.39, 0.29) is 34.2 Å². The van der Waals surface area contributed by atoms with Crippen LogP contribution in [0.5, 0.6) is 5.75 Å². The van der Waals surface area contributed by atoms with Crippen LogP contribution in [0.15, 0.2) is 41.8 Å². The number of amides is 2. The first-order chi connectivity index (χ1) is 14.8. The molecule has 1 N–H and O–H groups in total. The zero-order chi connectivity index (χ0) is 22.3. The third-order valence-corrected chi connectivity index (χ3v) is 6.72. The van der Waals surface area contributed by atoms with Gasteiger partial charge in [-0.2, -0.15) is 0 Å². The summed E-state index contributed by atoms with van der Waals surface area (Å²) in [5.41, 5.74) is 1.09. The van der Waals surface area contributed by atoms with Crippen LogP contribution < -0.4 is 9.64 Å². The molecule has 6 nitrogen and oxygen atoms in total. The monoisotopic (exact) mass is 495 g/mol.